The number of hydrogen-bond donors (Lipinski definition) is 1. The Labute approximate surface area is 116 Å². The van der Waals surface area contributed by atoms with Gasteiger partial charge < -0.3 is 10.5 Å². The van der Waals surface area contributed by atoms with E-state index in [2.05, 4.69) is 0 Å². The van der Waals surface area contributed by atoms with Crippen LogP contribution in [0.25, 0.3) is 0 Å². The van der Waals surface area contributed by atoms with Crippen molar-refractivity contribution in [3.63, 3.8) is 0 Å². The number of ether oxygens (including phenoxy) is 1. The molecule has 2 aliphatic heterocycles. The standard InChI is InChI=1S/C13H26N2O3S/c1-11(14)12-5-4-7-15(9-12)19(16,17)10-13-6-2-3-8-18-13/h11-13H,2-10,14H2,1H3. The zero-order valence-electron chi connectivity index (χ0n) is 11.8. The minimum atomic E-state index is -3.20. The predicted octanol–water partition coefficient (Wildman–Crippen LogP) is 0.945. The molecule has 19 heavy (non-hydrogen) atoms. The van der Waals surface area contributed by atoms with Gasteiger partial charge in [-0.1, -0.05) is 0 Å². The highest BCUT2D eigenvalue weighted by Crippen LogP contribution is 2.23. The van der Waals surface area contributed by atoms with Gasteiger partial charge in [-0.3, -0.25) is 0 Å². The quantitative estimate of drug-likeness (QED) is 0.836. The van der Waals surface area contributed by atoms with Crippen molar-refractivity contribution >= 4 is 10.0 Å². The molecule has 2 N–H and O–H groups in total. The molecule has 5 nitrogen and oxygen atoms in total. The second-order valence-electron chi connectivity index (χ2n) is 5.89. The van der Waals surface area contributed by atoms with Crippen molar-refractivity contribution in [2.75, 3.05) is 25.4 Å². The predicted molar refractivity (Wildman–Crippen MR) is 75.3 cm³/mol. The van der Waals surface area contributed by atoms with Crippen LogP contribution in [0.3, 0.4) is 0 Å². The summed E-state index contributed by atoms with van der Waals surface area (Å²) in [6.45, 7) is 3.87. The third-order valence-electron chi connectivity index (χ3n) is 4.23. The van der Waals surface area contributed by atoms with Crippen LogP contribution in [0, 0.1) is 5.92 Å². The normalized spacial score (nSPS) is 32.1. The Bertz CT molecular complexity index is 377. The Morgan fingerprint density at radius 2 is 2.11 bits per heavy atom. The van der Waals surface area contributed by atoms with Crippen LogP contribution < -0.4 is 5.73 Å². The molecule has 112 valence electrons. The van der Waals surface area contributed by atoms with E-state index in [4.69, 9.17) is 10.5 Å². The molecule has 0 aromatic heterocycles. The number of sulfonamides is 1. The highest BCUT2D eigenvalue weighted by molar-refractivity contribution is 7.89. The van der Waals surface area contributed by atoms with E-state index in [1.807, 2.05) is 6.92 Å². The molecule has 2 saturated heterocycles. The molecule has 0 aromatic carbocycles. The summed E-state index contributed by atoms with van der Waals surface area (Å²) in [5, 5.41) is 0. The van der Waals surface area contributed by atoms with Gasteiger partial charge in [0, 0.05) is 25.7 Å². The lowest BCUT2D eigenvalue weighted by molar-refractivity contribution is 0.0297. The van der Waals surface area contributed by atoms with E-state index in [1.165, 1.54) is 0 Å². The lowest BCUT2D eigenvalue weighted by Gasteiger charge is -2.35. The first-order valence-corrected chi connectivity index (χ1v) is 8.95. The lowest BCUT2D eigenvalue weighted by Crippen LogP contribution is -2.47. The van der Waals surface area contributed by atoms with E-state index in [1.54, 1.807) is 4.31 Å². The van der Waals surface area contributed by atoms with Gasteiger partial charge in [0.1, 0.15) is 0 Å². The fraction of sp³-hybridized carbons (Fsp3) is 1.00. The average Bonchev–Trinajstić information content (AvgIpc) is 2.39. The maximum Gasteiger partial charge on any atom is 0.216 e. The molecule has 0 bridgehead atoms. The summed E-state index contributed by atoms with van der Waals surface area (Å²) in [6, 6.07) is 0.0592. The van der Waals surface area contributed by atoms with Crippen molar-refractivity contribution in [1.82, 2.24) is 4.31 Å². The molecule has 2 heterocycles. The second kappa shape index (κ2) is 6.52. The highest BCUT2D eigenvalue weighted by atomic mass is 32.2. The van der Waals surface area contributed by atoms with Crippen LogP contribution in [0.2, 0.25) is 0 Å². The van der Waals surface area contributed by atoms with Crippen LogP contribution in [0.15, 0.2) is 0 Å². The molecule has 0 amide bonds. The van der Waals surface area contributed by atoms with Gasteiger partial charge in [0.05, 0.1) is 11.9 Å². The van der Waals surface area contributed by atoms with E-state index in [9.17, 15) is 8.42 Å². The van der Waals surface area contributed by atoms with Crippen molar-refractivity contribution < 1.29 is 13.2 Å². The third-order valence-corrected chi connectivity index (χ3v) is 6.14. The Morgan fingerprint density at radius 1 is 1.32 bits per heavy atom. The number of rotatable bonds is 4. The van der Waals surface area contributed by atoms with E-state index in [-0.39, 0.29) is 23.8 Å². The van der Waals surface area contributed by atoms with Crippen molar-refractivity contribution in [2.45, 2.75) is 51.2 Å². The zero-order valence-corrected chi connectivity index (χ0v) is 12.6. The van der Waals surface area contributed by atoms with Gasteiger partial charge in [-0.15, -0.1) is 0 Å². The van der Waals surface area contributed by atoms with Crippen LogP contribution in [-0.2, 0) is 14.8 Å². The first kappa shape index (κ1) is 15.2. The summed E-state index contributed by atoms with van der Waals surface area (Å²) in [5.41, 5.74) is 5.91. The number of hydrogen-bond acceptors (Lipinski definition) is 4. The monoisotopic (exact) mass is 290 g/mol. The molecule has 2 fully saturated rings. The molecule has 0 radical (unpaired) electrons. The van der Waals surface area contributed by atoms with E-state index in [0.29, 0.717) is 19.7 Å². The van der Waals surface area contributed by atoms with Gasteiger partial charge in [0.2, 0.25) is 10.0 Å². The average molecular weight is 290 g/mol. The molecular formula is C13H26N2O3S. The molecular weight excluding hydrogens is 264 g/mol. The Morgan fingerprint density at radius 3 is 2.74 bits per heavy atom. The molecule has 2 aliphatic rings. The van der Waals surface area contributed by atoms with Gasteiger partial charge >= 0.3 is 0 Å². The molecule has 3 unspecified atom stereocenters. The summed E-state index contributed by atoms with van der Waals surface area (Å²) in [5.74, 6) is 0.425. The maximum atomic E-state index is 12.4. The molecule has 2 rings (SSSR count). The first-order valence-electron chi connectivity index (χ1n) is 7.34. The van der Waals surface area contributed by atoms with Gasteiger partial charge in [-0.2, -0.15) is 0 Å². The third kappa shape index (κ3) is 4.15. The van der Waals surface area contributed by atoms with Crippen LogP contribution in [0.5, 0.6) is 0 Å². The van der Waals surface area contributed by atoms with Crippen molar-refractivity contribution in [3.8, 4) is 0 Å². The van der Waals surface area contributed by atoms with Crippen molar-refractivity contribution in [2.24, 2.45) is 11.7 Å². The molecule has 0 aliphatic carbocycles. The Hall–Kier alpha value is -0.170. The first-order chi connectivity index (χ1) is 8.99. The fourth-order valence-electron chi connectivity index (χ4n) is 2.93. The lowest BCUT2D eigenvalue weighted by atomic mass is 9.93. The Kier molecular flexibility index (Phi) is 5.22. The topological polar surface area (TPSA) is 72.6 Å². The summed E-state index contributed by atoms with van der Waals surface area (Å²) in [7, 11) is -3.20. The summed E-state index contributed by atoms with van der Waals surface area (Å²) in [4.78, 5) is 0. The van der Waals surface area contributed by atoms with Crippen LogP contribution >= 0.6 is 0 Å². The zero-order chi connectivity index (χ0) is 13.9. The van der Waals surface area contributed by atoms with Crippen LogP contribution in [0.1, 0.15) is 39.0 Å². The molecule has 0 spiro atoms. The van der Waals surface area contributed by atoms with Gasteiger partial charge in [-0.25, -0.2) is 12.7 Å². The number of piperidine rings is 1. The minimum Gasteiger partial charge on any atom is -0.377 e. The SMILES string of the molecule is CC(N)C1CCCN(S(=O)(=O)CC2CCCCO2)C1. The van der Waals surface area contributed by atoms with Crippen LogP contribution in [0.4, 0.5) is 0 Å². The summed E-state index contributed by atoms with van der Waals surface area (Å²) < 4.78 is 32.0. The van der Waals surface area contributed by atoms with Crippen LogP contribution in [-0.4, -0.2) is 50.3 Å². The van der Waals surface area contributed by atoms with Gasteiger partial charge in [0.15, 0.2) is 0 Å². The molecule has 3 atom stereocenters. The molecule has 0 saturated carbocycles. The fourth-order valence-corrected chi connectivity index (χ4v) is 4.70. The number of nitrogens with two attached hydrogens (primary N) is 1. The highest BCUT2D eigenvalue weighted by Gasteiger charge is 2.32. The smallest absolute Gasteiger partial charge is 0.216 e. The molecule has 0 aromatic rings. The second-order valence-corrected chi connectivity index (χ2v) is 7.90. The van der Waals surface area contributed by atoms with Gasteiger partial charge in [0.25, 0.3) is 0 Å². The largest absolute Gasteiger partial charge is 0.377 e. The van der Waals surface area contributed by atoms with Crippen molar-refractivity contribution in [3.05, 3.63) is 0 Å². The van der Waals surface area contributed by atoms with Gasteiger partial charge in [-0.05, 0) is 44.9 Å². The summed E-state index contributed by atoms with van der Waals surface area (Å²) >= 11 is 0. The summed E-state index contributed by atoms with van der Waals surface area (Å²) in [6.07, 6.45) is 4.81. The van der Waals surface area contributed by atoms with E-state index >= 15 is 0 Å². The number of nitrogens with zero attached hydrogens (tertiary/aromatic N) is 1. The molecule has 6 heteroatoms. The maximum absolute atomic E-state index is 12.4. The Balaban J connectivity index is 1.94. The van der Waals surface area contributed by atoms with E-state index in [0.717, 1.165) is 32.1 Å². The van der Waals surface area contributed by atoms with E-state index < -0.39 is 10.0 Å². The van der Waals surface area contributed by atoms with Crippen molar-refractivity contribution in [1.29, 1.82) is 0 Å². The minimum absolute atomic E-state index is 0.0592.